The molecule has 0 aliphatic carbocycles. The average molecular weight is 364 g/mol. The molecule has 0 spiro atoms. The summed E-state index contributed by atoms with van der Waals surface area (Å²) in [5, 5.41) is 6.17. The fraction of sp³-hybridized carbons (Fsp3) is 0.316. The second-order valence-electron chi connectivity index (χ2n) is 6.05. The Labute approximate surface area is 151 Å². The van der Waals surface area contributed by atoms with Crippen molar-refractivity contribution in [2.24, 2.45) is 4.99 Å². The van der Waals surface area contributed by atoms with Crippen LogP contribution < -0.4 is 10.6 Å². The quantitative estimate of drug-likeness (QED) is 0.611. The van der Waals surface area contributed by atoms with Gasteiger partial charge in [-0.2, -0.15) is 0 Å². The van der Waals surface area contributed by atoms with Crippen LogP contribution in [0, 0.1) is 17.5 Å². The van der Waals surface area contributed by atoms with Crippen LogP contribution in [0.3, 0.4) is 0 Å². The monoisotopic (exact) mass is 364 g/mol. The summed E-state index contributed by atoms with van der Waals surface area (Å²) >= 11 is 0. The van der Waals surface area contributed by atoms with Gasteiger partial charge >= 0.3 is 0 Å². The molecule has 140 valence electrons. The molecule has 2 rings (SSSR count). The van der Waals surface area contributed by atoms with Crippen molar-refractivity contribution in [3.05, 3.63) is 71.0 Å². The Morgan fingerprint density at radius 3 is 2.15 bits per heavy atom. The van der Waals surface area contributed by atoms with Crippen molar-refractivity contribution < 1.29 is 13.2 Å². The first-order valence-corrected chi connectivity index (χ1v) is 8.21. The number of hydrogen-bond donors (Lipinski definition) is 2. The Morgan fingerprint density at radius 1 is 1.00 bits per heavy atom. The lowest BCUT2D eigenvalue weighted by Crippen LogP contribution is -2.41. The average Bonchev–Trinajstić information content (AvgIpc) is 2.61. The van der Waals surface area contributed by atoms with Gasteiger partial charge in [0.2, 0.25) is 0 Å². The highest BCUT2D eigenvalue weighted by molar-refractivity contribution is 5.79. The molecular formula is C19H23F3N4. The molecule has 2 aromatic carbocycles. The maximum absolute atomic E-state index is 14.1. The first kappa shape index (κ1) is 19.8. The lowest BCUT2D eigenvalue weighted by Gasteiger charge is -2.26. The minimum absolute atomic E-state index is 0.0130. The number of nitrogens with one attached hydrogen (secondary N) is 2. The van der Waals surface area contributed by atoms with Gasteiger partial charge in [0.25, 0.3) is 0 Å². The van der Waals surface area contributed by atoms with Gasteiger partial charge in [0.1, 0.15) is 17.5 Å². The van der Waals surface area contributed by atoms with Gasteiger partial charge in [0.15, 0.2) is 5.96 Å². The molecule has 0 radical (unpaired) electrons. The molecule has 0 aliphatic heterocycles. The summed E-state index contributed by atoms with van der Waals surface area (Å²) in [6.07, 6.45) is 0. The molecular weight excluding hydrogens is 341 g/mol. The molecule has 0 aliphatic rings. The highest BCUT2D eigenvalue weighted by Crippen LogP contribution is 2.23. The zero-order valence-electron chi connectivity index (χ0n) is 15.1. The van der Waals surface area contributed by atoms with Crippen LogP contribution in [-0.4, -0.2) is 38.5 Å². The minimum Gasteiger partial charge on any atom is -0.354 e. The Bertz CT molecular complexity index is 725. The molecule has 0 saturated heterocycles. The van der Waals surface area contributed by atoms with E-state index in [9.17, 15) is 13.2 Å². The molecule has 2 aromatic rings. The fourth-order valence-corrected chi connectivity index (χ4v) is 2.57. The van der Waals surface area contributed by atoms with Gasteiger partial charge in [-0.3, -0.25) is 4.99 Å². The van der Waals surface area contributed by atoms with Crippen LogP contribution in [0.5, 0.6) is 0 Å². The van der Waals surface area contributed by atoms with Crippen molar-refractivity contribution in [2.75, 3.05) is 27.7 Å². The first-order valence-electron chi connectivity index (χ1n) is 8.21. The van der Waals surface area contributed by atoms with E-state index in [-0.39, 0.29) is 17.9 Å². The summed E-state index contributed by atoms with van der Waals surface area (Å²) in [6.45, 7) is 0.703. The van der Waals surface area contributed by atoms with Gasteiger partial charge in [0.05, 0.1) is 6.04 Å². The molecule has 0 fully saturated rings. The molecule has 0 aromatic heterocycles. The maximum atomic E-state index is 14.1. The number of rotatable bonds is 6. The number of halogens is 3. The van der Waals surface area contributed by atoms with Crippen LogP contribution in [0.2, 0.25) is 0 Å². The number of nitrogens with zero attached hydrogens (tertiary/aromatic N) is 2. The molecule has 1 unspecified atom stereocenters. The number of hydrogen-bond acceptors (Lipinski definition) is 2. The molecule has 0 amide bonds. The molecule has 0 saturated carbocycles. The van der Waals surface area contributed by atoms with Crippen molar-refractivity contribution in [2.45, 2.75) is 12.6 Å². The van der Waals surface area contributed by atoms with Crippen LogP contribution >= 0.6 is 0 Å². The zero-order chi connectivity index (χ0) is 19.1. The first-order chi connectivity index (χ1) is 12.4. The van der Waals surface area contributed by atoms with Crippen LogP contribution in [0.25, 0.3) is 0 Å². The number of aliphatic imine (C=N–C) groups is 1. The smallest absolute Gasteiger partial charge is 0.191 e. The Hall–Kier alpha value is -2.54. The third kappa shape index (κ3) is 5.23. The van der Waals surface area contributed by atoms with E-state index < -0.39 is 17.7 Å². The van der Waals surface area contributed by atoms with Crippen molar-refractivity contribution >= 4 is 5.96 Å². The van der Waals surface area contributed by atoms with E-state index in [0.717, 1.165) is 5.56 Å². The van der Waals surface area contributed by atoms with Crippen LogP contribution in [0.15, 0.2) is 47.5 Å². The van der Waals surface area contributed by atoms with Crippen molar-refractivity contribution in [1.29, 1.82) is 0 Å². The second kappa shape index (κ2) is 9.24. The maximum Gasteiger partial charge on any atom is 0.191 e. The predicted octanol–water partition coefficient (Wildman–Crippen LogP) is 3.07. The van der Waals surface area contributed by atoms with Crippen LogP contribution in [-0.2, 0) is 6.54 Å². The molecule has 7 heteroatoms. The largest absolute Gasteiger partial charge is 0.354 e. The van der Waals surface area contributed by atoms with Crippen LogP contribution in [0.1, 0.15) is 17.2 Å². The van der Waals surface area contributed by atoms with Gasteiger partial charge in [-0.1, -0.05) is 18.2 Å². The van der Waals surface area contributed by atoms with E-state index in [2.05, 4.69) is 15.6 Å². The summed E-state index contributed by atoms with van der Waals surface area (Å²) in [4.78, 5) is 5.84. The summed E-state index contributed by atoms with van der Waals surface area (Å²) in [6, 6.07) is 9.44. The molecule has 26 heavy (non-hydrogen) atoms. The summed E-state index contributed by atoms with van der Waals surface area (Å²) in [5.74, 6) is -0.977. The normalized spacial score (nSPS) is 13.0. The van der Waals surface area contributed by atoms with Crippen molar-refractivity contribution in [3.63, 3.8) is 0 Å². The van der Waals surface area contributed by atoms with Gasteiger partial charge in [-0.05, 0) is 43.9 Å². The standard InChI is InChI=1S/C19H23F3N4/c1-23-19(24-11-13-7-9-14(20)10-8-13)25-12-17(26(2)3)18-15(21)5-4-6-16(18)22/h4-10,17H,11-12H2,1-3H3,(H2,23,24,25). The number of benzene rings is 2. The Morgan fingerprint density at radius 2 is 1.62 bits per heavy atom. The van der Waals surface area contributed by atoms with Gasteiger partial charge in [-0.15, -0.1) is 0 Å². The van der Waals surface area contributed by atoms with E-state index in [1.807, 2.05) is 0 Å². The highest BCUT2D eigenvalue weighted by atomic mass is 19.1. The lowest BCUT2D eigenvalue weighted by atomic mass is 10.0. The highest BCUT2D eigenvalue weighted by Gasteiger charge is 2.22. The third-order valence-corrected chi connectivity index (χ3v) is 4.02. The van der Waals surface area contributed by atoms with E-state index in [1.54, 1.807) is 38.2 Å². The van der Waals surface area contributed by atoms with Crippen molar-refractivity contribution in [3.8, 4) is 0 Å². The second-order valence-corrected chi connectivity index (χ2v) is 6.05. The summed E-state index contributed by atoms with van der Waals surface area (Å²) < 4.78 is 41.1. The van der Waals surface area contributed by atoms with E-state index >= 15 is 0 Å². The number of likely N-dealkylation sites (N-methyl/N-ethyl adjacent to an activating group) is 1. The van der Waals surface area contributed by atoms with E-state index in [1.165, 1.54) is 30.3 Å². The van der Waals surface area contributed by atoms with Crippen LogP contribution in [0.4, 0.5) is 13.2 Å². The number of guanidine groups is 1. The topological polar surface area (TPSA) is 39.7 Å². The molecule has 1 atom stereocenters. The van der Waals surface area contributed by atoms with Gasteiger partial charge in [-0.25, -0.2) is 13.2 Å². The lowest BCUT2D eigenvalue weighted by molar-refractivity contribution is 0.282. The van der Waals surface area contributed by atoms with Gasteiger partial charge in [0, 0.05) is 25.7 Å². The summed E-state index contributed by atoms with van der Waals surface area (Å²) in [7, 11) is 5.12. The molecule has 2 N–H and O–H groups in total. The predicted molar refractivity (Wildman–Crippen MR) is 97.4 cm³/mol. The SMILES string of the molecule is CN=C(NCc1ccc(F)cc1)NCC(c1c(F)cccc1F)N(C)C. The molecule has 0 bridgehead atoms. The summed E-state index contributed by atoms with van der Waals surface area (Å²) in [5.41, 5.74) is 0.901. The fourth-order valence-electron chi connectivity index (χ4n) is 2.57. The Balaban J connectivity index is 2.01. The molecule has 0 heterocycles. The minimum atomic E-state index is -0.584. The van der Waals surface area contributed by atoms with E-state index in [4.69, 9.17) is 0 Å². The van der Waals surface area contributed by atoms with E-state index in [0.29, 0.717) is 12.5 Å². The Kier molecular flexibility index (Phi) is 7.03. The van der Waals surface area contributed by atoms with Crippen molar-refractivity contribution in [1.82, 2.24) is 15.5 Å². The van der Waals surface area contributed by atoms with Gasteiger partial charge < -0.3 is 15.5 Å². The molecule has 4 nitrogen and oxygen atoms in total. The zero-order valence-corrected chi connectivity index (χ0v) is 15.1. The third-order valence-electron chi connectivity index (χ3n) is 4.02.